The lowest BCUT2D eigenvalue weighted by Gasteiger charge is -2.30. The van der Waals surface area contributed by atoms with E-state index in [4.69, 9.17) is 0 Å². The zero-order chi connectivity index (χ0) is 13.2. The molecule has 2 atom stereocenters. The van der Waals surface area contributed by atoms with Crippen molar-refractivity contribution in [3.63, 3.8) is 0 Å². The van der Waals surface area contributed by atoms with E-state index < -0.39 is 10.0 Å². The Hall–Kier alpha value is 0.0500. The summed E-state index contributed by atoms with van der Waals surface area (Å²) in [5.41, 5.74) is 0. The van der Waals surface area contributed by atoms with Crippen molar-refractivity contribution in [2.75, 3.05) is 6.61 Å². The second-order valence-corrected chi connectivity index (χ2v) is 8.92. The van der Waals surface area contributed by atoms with E-state index in [1.54, 1.807) is 12.1 Å². The molecule has 0 aliphatic heterocycles. The average molecular weight is 354 g/mol. The fourth-order valence-corrected chi connectivity index (χ4v) is 5.65. The number of rotatable bonds is 4. The predicted octanol–water partition coefficient (Wildman–Crippen LogP) is 2.34. The normalized spacial score (nSPS) is 25.2. The van der Waals surface area contributed by atoms with Crippen LogP contribution in [-0.4, -0.2) is 26.2 Å². The lowest BCUT2D eigenvalue weighted by Crippen LogP contribution is -2.43. The molecule has 0 spiro atoms. The highest BCUT2D eigenvalue weighted by atomic mass is 79.9. The first kappa shape index (κ1) is 14.5. The fraction of sp³-hybridized carbons (Fsp3) is 0.636. The van der Waals surface area contributed by atoms with E-state index in [2.05, 4.69) is 20.7 Å². The highest BCUT2D eigenvalue weighted by Gasteiger charge is 2.29. The molecule has 1 fully saturated rings. The number of halogens is 1. The Morgan fingerprint density at radius 2 is 2.11 bits per heavy atom. The van der Waals surface area contributed by atoms with Crippen LogP contribution >= 0.6 is 27.3 Å². The Morgan fingerprint density at radius 3 is 2.72 bits per heavy atom. The Labute approximate surface area is 120 Å². The van der Waals surface area contributed by atoms with Crippen LogP contribution in [0.3, 0.4) is 0 Å². The number of aliphatic hydroxyl groups is 1. The summed E-state index contributed by atoms with van der Waals surface area (Å²) < 4.78 is 28.2. The predicted molar refractivity (Wildman–Crippen MR) is 75.2 cm³/mol. The van der Waals surface area contributed by atoms with Crippen LogP contribution in [0.1, 0.15) is 25.7 Å². The maximum Gasteiger partial charge on any atom is 0.250 e. The fourth-order valence-electron chi connectivity index (χ4n) is 2.28. The lowest BCUT2D eigenvalue weighted by molar-refractivity contribution is 0.164. The van der Waals surface area contributed by atoms with E-state index in [-0.39, 0.29) is 18.6 Å². The van der Waals surface area contributed by atoms with E-state index in [1.165, 1.54) is 11.3 Å². The molecular weight excluding hydrogens is 338 g/mol. The van der Waals surface area contributed by atoms with Gasteiger partial charge in [0, 0.05) is 12.6 Å². The van der Waals surface area contributed by atoms with Crippen LogP contribution in [0.15, 0.2) is 20.1 Å². The molecule has 1 aliphatic carbocycles. The average Bonchev–Trinajstić information content (AvgIpc) is 2.77. The molecule has 2 N–H and O–H groups in total. The smallest absolute Gasteiger partial charge is 0.250 e. The third-order valence-corrected chi connectivity index (χ3v) is 6.87. The quantitative estimate of drug-likeness (QED) is 0.872. The van der Waals surface area contributed by atoms with Gasteiger partial charge in [0.2, 0.25) is 10.0 Å². The van der Waals surface area contributed by atoms with Crippen LogP contribution < -0.4 is 4.72 Å². The first-order valence-electron chi connectivity index (χ1n) is 5.91. The third kappa shape index (κ3) is 3.33. The summed E-state index contributed by atoms with van der Waals surface area (Å²) in [6.45, 7) is 0.0430. The number of hydrogen-bond acceptors (Lipinski definition) is 4. The molecule has 1 aromatic rings. The molecular formula is C11H16BrNO3S2. The van der Waals surface area contributed by atoms with Crippen LogP contribution in [0.4, 0.5) is 0 Å². The second-order valence-electron chi connectivity index (χ2n) is 4.51. The van der Waals surface area contributed by atoms with Crippen molar-refractivity contribution < 1.29 is 13.5 Å². The van der Waals surface area contributed by atoms with Crippen molar-refractivity contribution in [1.82, 2.24) is 4.72 Å². The van der Waals surface area contributed by atoms with Gasteiger partial charge in [-0.1, -0.05) is 12.8 Å². The van der Waals surface area contributed by atoms with E-state index >= 15 is 0 Å². The zero-order valence-electron chi connectivity index (χ0n) is 9.80. The van der Waals surface area contributed by atoms with Gasteiger partial charge in [-0.3, -0.25) is 0 Å². The molecule has 0 radical (unpaired) electrons. The molecule has 0 aromatic carbocycles. The van der Waals surface area contributed by atoms with Crippen molar-refractivity contribution >= 4 is 37.3 Å². The molecule has 102 valence electrons. The van der Waals surface area contributed by atoms with E-state index in [0.717, 1.165) is 29.5 Å². The Bertz CT molecular complexity index is 500. The number of hydrogen-bond donors (Lipinski definition) is 2. The monoisotopic (exact) mass is 353 g/mol. The lowest BCUT2D eigenvalue weighted by atomic mass is 9.86. The number of sulfonamides is 1. The first-order valence-corrected chi connectivity index (χ1v) is 9.01. The van der Waals surface area contributed by atoms with Gasteiger partial charge in [0.15, 0.2) is 0 Å². The summed E-state index contributed by atoms with van der Waals surface area (Å²) in [5.74, 6) is 0.0388. The van der Waals surface area contributed by atoms with Gasteiger partial charge < -0.3 is 5.11 Å². The molecule has 0 bridgehead atoms. The molecule has 1 heterocycles. The van der Waals surface area contributed by atoms with E-state index in [0.29, 0.717) is 4.21 Å². The van der Waals surface area contributed by atoms with Crippen LogP contribution in [0, 0.1) is 5.92 Å². The van der Waals surface area contributed by atoms with Crippen molar-refractivity contribution in [1.29, 1.82) is 0 Å². The van der Waals surface area contributed by atoms with Gasteiger partial charge in [-0.15, -0.1) is 11.3 Å². The van der Waals surface area contributed by atoms with Crippen LogP contribution in [0.25, 0.3) is 0 Å². The summed E-state index contributed by atoms with van der Waals surface area (Å²) in [5, 5.41) is 9.29. The van der Waals surface area contributed by atoms with Crippen molar-refractivity contribution in [2.24, 2.45) is 5.92 Å². The minimum Gasteiger partial charge on any atom is -0.396 e. The largest absolute Gasteiger partial charge is 0.396 e. The minimum absolute atomic E-state index is 0.0388. The standard InChI is InChI=1S/C11H16BrNO3S2/c12-10-5-6-11(17-10)18(15,16)13-9-4-2-1-3-8(9)7-14/h5-6,8-9,13-14H,1-4,7H2. The molecule has 7 heteroatoms. The molecule has 1 saturated carbocycles. The number of nitrogens with one attached hydrogen (secondary N) is 1. The molecule has 18 heavy (non-hydrogen) atoms. The van der Waals surface area contributed by atoms with Gasteiger partial charge in [-0.05, 0) is 46.8 Å². The third-order valence-electron chi connectivity index (χ3n) is 3.26. The molecule has 0 amide bonds. The van der Waals surface area contributed by atoms with Crippen molar-refractivity contribution in [3.8, 4) is 0 Å². The van der Waals surface area contributed by atoms with Crippen molar-refractivity contribution in [2.45, 2.75) is 35.9 Å². The SMILES string of the molecule is O=S(=O)(NC1CCCCC1CO)c1ccc(Br)s1. The van der Waals surface area contributed by atoms with Crippen LogP contribution in [-0.2, 0) is 10.0 Å². The highest BCUT2D eigenvalue weighted by Crippen LogP contribution is 2.29. The molecule has 4 nitrogen and oxygen atoms in total. The number of aliphatic hydroxyl groups excluding tert-OH is 1. The van der Waals surface area contributed by atoms with Gasteiger partial charge in [-0.25, -0.2) is 13.1 Å². The topological polar surface area (TPSA) is 66.4 Å². The van der Waals surface area contributed by atoms with Gasteiger partial charge >= 0.3 is 0 Å². The van der Waals surface area contributed by atoms with E-state index in [9.17, 15) is 13.5 Å². The molecule has 1 aliphatic rings. The van der Waals surface area contributed by atoms with Gasteiger partial charge in [0.25, 0.3) is 0 Å². The minimum atomic E-state index is -3.45. The zero-order valence-corrected chi connectivity index (χ0v) is 13.0. The van der Waals surface area contributed by atoms with Gasteiger partial charge in [-0.2, -0.15) is 0 Å². The van der Waals surface area contributed by atoms with Crippen LogP contribution in [0.2, 0.25) is 0 Å². The van der Waals surface area contributed by atoms with Crippen molar-refractivity contribution in [3.05, 3.63) is 15.9 Å². The molecule has 0 saturated heterocycles. The molecule has 2 unspecified atom stereocenters. The first-order chi connectivity index (χ1) is 8.53. The van der Waals surface area contributed by atoms with E-state index in [1.807, 2.05) is 0 Å². The molecule has 2 rings (SSSR count). The van der Waals surface area contributed by atoms with Gasteiger partial charge in [0.05, 0.1) is 3.79 Å². The summed E-state index contributed by atoms with van der Waals surface area (Å²) in [6, 6.07) is 3.17. The maximum absolute atomic E-state index is 12.2. The Kier molecular flexibility index (Phi) is 4.82. The summed E-state index contributed by atoms with van der Waals surface area (Å²) in [7, 11) is -3.45. The maximum atomic E-state index is 12.2. The molecule has 1 aromatic heterocycles. The summed E-state index contributed by atoms with van der Waals surface area (Å²) in [4.78, 5) is 0. The second kappa shape index (κ2) is 6.00. The Balaban J connectivity index is 2.12. The summed E-state index contributed by atoms with van der Waals surface area (Å²) in [6.07, 6.45) is 3.76. The van der Waals surface area contributed by atoms with Crippen LogP contribution in [0.5, 0.6) is 0 Å². The van der Waals surface area contributed by atoms with Gasteiger partial charge in [0.1, 0.15) is 4.21 Å². The highest BCUT2D eigenvalue weighted by molar-refractivity contribution is 9.11. The number of thiophene rings is 1. The Morgan fingerprint density at radius 1 is 1.39 bits per heavy atom. The summed E-state index contributed by atoms with van der Waals surface area (Å²) >= 11 is 4.46.